The molecule has 0 spiro atoms. The summed E-state index contributed by atoms with van der Waals surface area (Å²) in [5, 5.41) is 18.1. The summed E-state index contributed by atoms with van der Waals surface area (Å²) in [5.41, 5.74) is 1.95. The minimum absolute atomic E-state index is 0. The zero-order chi connectivity index (χ0) is 19.8. The summed E-state index contributed by atoms with van der Waals surface area (Å²) >= 11 is 6.23. The second kappa shape index (κ2) is 11.9. The average molecular weight is 531 g/mol. The third kappa shape index (κ3) is 7.45. The molecule has 0 aromatic heterocycles. The van der Waals surface area contributed by atoms with Gasteiger partial charge in [0.1, 0.15) is 0 Å². The smallest absolute Gasteiger partial charge is 0.269 e. The Bertz CT molecular complexity index is 827. The summed E-state index contributed by atoms with van der Waals surface area (Å²) in [6.07, 6.45) is 1.03. The minimum atomic E-state index is -0.408. The van der Waals surface area contributed by atoms with Gasteiger partial charge < -0.3 is 15.4 Å². The summed E-state index contributed by atoms with van der Waals surface area (Å²) in [6, 6.07) is 14.1. The van der Waals surface area contributed by atoms with Crippen molar-refractivity contribution < 1.29 is 9.66 Å². The Balaban J connectivity index is 0.00000300. The summed E-state index contributed by atoms with van der Waals surface area (Å²) in [5.74, 6) is 1.14. The van der Waals surface area contributed by atoms with E-state index < -0.39 is 4.92 Å². The third-order valence-electron chi connectivity index (χ3n) is 4.55. The Labute approximate surface area is 192 Å². The second-order valence-electron chi connectivity index (χ2n) is 6.64. The Morgan fingerprint density at radius 2 is 1.97 bits per heavy atom. The zero-order valence-electron chi connectivity index (χ0n) is 15.8. The second-order valence-corrected chi connectivity index (χ2v) is 7.05. The number of nitrogens with zero attached hydrogens (tertiary/aromatic N) is 2. The van der Waals surface area contributed by atoms with Crippen LogP contribution < -0.4 is 10.6 Å². The van der Waals surface area contributed by atoms with Gasteiger partial charge in [0.15, 0.2) is 5.96 Å². The van der Waals surface area contributed by atoms with Crippen LogP contribution in [-0.4, -0.2) is 30.6 Å². The van der Waals surface area contributed by atoms with E-state index in [9.17, 15) is 10.1 Å². The maximum atomic E-state index is 10.8. The number of nitrogens with one attached hydrogen (secondary N) is 2. The van der Waals surface area contributed by atoms with Crippen LogP contribution in [0, 0.1) is 16.0 Å². The van der Waals surface area contributed by atoms with Gasteiger partial charge in [0.25, 0.3) is 5.69 Å². The number of benzene rings is 2. The van der Waals surface area contributed by atoms with Gasteiger partial charge in [0.2, 0.25) is 0 Å². The fourth-order valence-corrected chi connectivity index (χ4v) is 3.08. The number of aliphatic imine (C=N–C) groups is 1. The number of nitro benzene ring substituents is 1. The van der Waals surface area contributed by atoms with Crippen LogP contribution in [0.15, 0.2) is 53.5 Å². The molecule has 0 saturated carbocycles. The van der Waals surface area contributed by atoms with E-state index in [1.807, 2.05) is 24.3 Å². The number of nitro groups is 1. The maximum Gasteiger partial charge on any atom is 0.269 e. The number of hydrogen-bond donors (Lipinski definition) is 2. The standard InChI is InChI=1S/C20H23ClN4O3.HI/c21-19-4-2-1-3-17(19)13-24-20(23-12-16-9-10-28-14-16)22-11-15-5-7-18(8-6-15)25(26)27;/h1-8,16H,9-14H2,(H2,22,23,24);1H. The molecule has 2 aromatic rings. The highest BCUT2D eigenvalue weighted by molar-refractivity contribution is 14.0. The van der Waals surface area contributed by atoms with Crippen LogP contribution in [-0.2, 0) is 17.8 Å². The Morgan fingerprint density at radius 3 is 2.62 bits per heavy atom. The number of non-ortho nitro benzene ring substituents is 1. The van der Waals surface area contributed by atoms with Gasteiger partial charge in [-0.05, 0) is 23.6 Å². The van der Waals surface area contributed by atoms with Crippen molar-refractivity contribution in [3.8, 4) is 0 Å². The summed E-state index contributed by atoms with van der Waals surface area (Å²) in [7, 11) is 0. The molecule has 0 amide bonds. The highest BCUT2D eigenvalue weighted by atomic mass is 127. The molecular weight excluding hydrogens is 507 g/mol. The molecule has 2 aromatic carbocycles. The molecule has 1 atom stereocenters. The SMILES string of the molecule is I.O=[N+]([O-])c1ccc(CN=C(NCc2ccccc2Cl)NCC2CCOC2)cc1. The van der Waals surface area contributed by atoms with Crippen molar-refractivity contribution in [2.75, 3.05) is 19.8 Å². The molecule has 9 heteroatoms. The van der Waals surface area contributed by atoms with Gasteiger partial charge in [-0.15, -0.1) is 24.0 Å². The average Bonchev–Trinajstić information content (AvgIpc) is 3.22. The molecule has 7 nitrogen and oxygen atoms in total. The number of rotatable bonds is 7. The lowest BCUT2D eigenvalue weighted by molar-refractivity contribution is -0.384. The van der Waals surface area contributed by atoms with Crippen LogP contribution >= 0.6 is 35.6 Å². The first kappa shape index (κ1) is 23.4. The topological polar surface area (TPSA) is 88.8 Å². The van der Waals surface area contributed by atoms with E-state index in [2.05, 4.69) is 15.6 Å². The number of halogens is 2. The summed E-state index contributed by atoms with van der Waals surface area (Å²) in [4.78, 5) is 15.0. The number of hydrogen-bond acceptors (Lipinski definition) is 4. The van der Waals surface area contributed by atoms with Crippen molar-refractivity contribution in [1.29, 1.82) is 0 Å². The van der Waals surface area contributed by atoms with Crippen LogP contribution in [0.4, 0.5) is 5.69 Å². The fraction of sp³-hybridized carbons (Fsp3) is 0.350. The van der Waals surface area contributed by atoms with Gasteiger partial charge in [0, 0.05) is 42.8 Å². The summed E-state index contributed by atoms with van der Waals surface area (Å²) < 4.78 is 5.42. The van der Waals surface area contributed by atoms with Crippen LogP contribution in [0.5, 0.6) is 0 Å². The normalized spacial score (nSPS) is 16.2. The van der Waals surface area contributed by atoms with E-state index in [-0.39, 0.29) is 29.7 Å². The third-order valence-corrected chi connectivity index (χ3v) is 4.92. The van der Waals surface area contributed by atoms with Gasteiger partial charge in [-0.2, -0.15) is 0 Å². The number of guanidine groups is 1. The van der Waals surface area contributed by atoms with Crippen molar-refractivity contribution in [1.82, 2.24) is 10.6 Å². The predicted molar refractivity (Wildman–Crippen MR) is 125 cm³/mol. The first-order valence-corrected chi connectivity index (χ1v) is 9.56. The molecular formula is C20H24ClIN4O3. The van der Waals surface area contributed by atoms with Crippen LogP contribution in [0.25, 0.3) is 0 Å². The van der Waals surface area contributed by atoms with Crippen molar-refractivity contribution in [3.63, 3.8) is 0 Å². The zero-order valence-corrected chi connectivity index (χ0v) is 18.9. The van der Waals surface area contributed by atoms with Crippen molar-refractivity contribution in [3.05, 3.63) is 74.8 Å². The van der Waals surface area contributed by atoms with Gasteiger partial charge in [-0.3, -0.25) is 10.1 Å². The van der Waals surface area contributed by atoms with Crippen LogP contribution in [0.2, 0.25) is 5.02 Å². The lowest BCUT2D eigenvalue weighted by Gasteiger charge is -2.15. The molecule has 3 rings (SSSR count). The summed E-state index contributed by atoms with van der Waals surface area (Å²) in [6.45, 7) is 3.29. The molecule has 2 N–H and O–H groups in total. The first-order valence-electron chi connectivity index (χ1n) is 9.18. The van der Waals surface area contributed by atoms with Gasteiger partial charge >= 0.3 is 0 Å². The van der Waals surface area contributed by atoms with E-state index >= 15 is 0 Å². The van der Waals surface area contributed by atoms with Crippen LogP contribution in [0.1, 0.15) is 17.5 Å². The molecule has 1 unspecified atom stereocenters. The first-order chi connectivity index (χ1) is 13.6. The Morgan fingerprint density at radius 1 is 1.21 bits per heavy atom. The molecule has 1 aliphatic heterocycles. The van der Waals surface area contributed by atoms with E-state index in [0.717, 1.165) is 37.3 Å². The van der Waals surface area contributed by atoms with E-state index in [4.69, 9.17) is 16.3 Å². The fourth-order valence-electron chi connectivity index (χ4n) is 2.87. The highest BCUT2D eigenvalue weighted by Crippen LogP contribution is 2.15. The Kier molecular flexibility index (Phi) is 9.62. The molecule has 1 fully saturated rings. The van der Waals surface area contributed by atoms with Gasteiger partial charge in [0.05, 0.1) is 18.1 Å². The number of ether oxygens (including phenoxy) is 1. The quantitative estimate of drug-likeness (QED) is 0.185. The van der Waals surface area contributed by atoms with Gasteiger partial charge in [-0.25, -0.2) is 4.99 Å². The van der Waals surface area contributed by atoms with Crippen LogP contribution in [0.3, 0.4) is 0 Å². The molecule has 1 heterocycles. The Hall–Kier alpha value is -1.91. The van der Waals surface area contributed by atoms with E-state index in [1.165, 1.54) is 12.1 Å². The maximum absolute atomic E-state index is 10.8. The molecule has 0 radical (unpaired) electrons. The minimum Gasteiger partial charge on any atom is -0.381 e. The lowest BCUT2D eigenvalue weighted by atomic mass is 10.1. The van der Waals surface area contributed by atoms with Crippen molar-refractivity contribution >= 4 is 47.2 Å². The molecule has 0 aliphatic carbocycles. The molecule has 29 heavy (non-hydrogen) atoms. The van der Waals surface area contributed by atoms with E-state index in [0.29, 0.717) is 30.0 Å². The molecule has 1 aliphatic rings. The monoisotopic (exact) mass is 530 g/mol. The molecule has 0 bridgehead atoms. The van der Waals surface area contributed by atoms with Crippen molar-refractivity contribution in [2.45, 2.75) is 19.5 Å². The molecule has 1 saturated heterocycles. The lowest BCUT2D eigenvalue weighted by Crippen LogP contribution is -2.39. The van der Waals surface area contributed by atoms with Crippen molar-refractivity contribution in [2.24, 2.45) is 10.9 Å². The predicted octanol–water partition coefficient (Wildman–Crippen LogP) is 4.14. The van der Waals surface area contributed by atoms with E-state index in [1.54, 1.807) is 12.1 Å². The highest BCUT2D eigenvalue weighted by Gasteiger charge is 2.16. The molecule has 156 valence electrons. The largest absolute Gasteiger partial charge is 0.381 e. The van der Waals surface area contributed by atoms with Gasteiger partial charge in [-0.1, -0.05) is 41.9 Å².